The van der Waals surface area contributed by atoms with Gasteiger partial charge in [0.05, 0.1) is 11.3 Å². The zero-order valence-corrected chi connectivity index (χ0v) is 10.2. The molecule has 0 saturated heterocycles. The van der Waals surface area contributed by atoms with Crippen LogP contribution in [0.2, 0.25) is 0 Å². The van der Waals surface area contributed by atoms with Crippen LogP contribution in [0.4, 0.5) is 11.4 Å². The molecule has 5 N–H and O–H groups in total. The summed E-state index contributed by atoms with van der Waals surface area (Å²) in [6.45, 7) is 0. The van der Waals surface area contributed by atoms with E-state index in [0.29, 0.717) is 17.0 Å². The van der Waals surface area contributed by atoms with Gasteiger partial charge < -0.3 is 16.8 Å². The van der Waals surface area contributed by atoms with E-state index in [1.807, 2.05) is 30.3 Å². The number of carbonyl (C=O) groups is 1. The number of nitrogens with one attached hydrogen (secondary N) is 1. The van der Waals surface area contributed by atoms with Crippen LogP contribution in [0.5, 0.6) is 0 Å². The van der Waals surface area contributed by atoms with Gasteiger partial charge in [-0.25, -0.2) is 0 Å². The zero-order valence-electron chi connectivity index (χ0n) is 10.2. The lowest BCUT2D eigenvalue weighted by Crippen LogP contribution is -2.09. The Labute approximate surface area is 110 Å². The predicted octanol–water partition coefficient (Wildman–Crippen LogP) is 2.05. The summed E-state index contributed by atoms with van der Waals surface area (Å²) in [6.07, 6.45) is 0. The second kappa shape index (κ2) is 4.17. The number of anilines is 2. The minimum absolute atomic E-state index is 0.193. The van der Waals surface area contributed by atoms with Gasteiger partial charge >= 0.3 is 0 Å². The minimum atomic E-state index is -0.193. The summed E-state index contributed by atoms with van der Waals surface area (Å²) < 4.78 is 0. The van der Waals surface area contributed by atoms with E-state index in [0.717, 1.165) is 16.8 Å². The first-order valence-electron chi connectivity index (χ1n) is 5.93. The lowest BCUT2D eigenvalue weighted by atomic mass is 10.0. The van der Waals surface area contributed by atoms with Gasteiger partial charge in [0.25, 0.3) is 5.91 Å². The molecular weight excluding hydrogens is 238 g/mol. The van der Waals surface area contributed by atoms with Crippen molar-refractivity contribution >= 4 is 28.6 Å². The second-order valence-electron chi connectivity index (χ2n) is 4.41. The van der Waals surface area contributed by atoms with E-state index >= 15 is 0 Å². The van der Waals surface area contributed by atoms with E-state index in [1.165, 1.54) is 0 Å². The topological polar surface area (TPSA) is 81.1 Å². The Kier molecular flexibility index (Phi) is 2.49. The molecule has 0 radical (unpaired) electrons. The van der Waals surface area contributed by atoms with E-state index in [2.05, 4.69) is 5.32 Å². The molecule has 0 fully saturated rings. The van der Waals surface area contributed by atoms with Gasteiger partial charge in [-0.15, -0.1) is 0 Å². The van der Waals surface area contributed by atoms with Crippen molar-refractivity contribution in [3.8, 4) is 0 Å². The lowest BCUT2D eigenvalue weighted by molar-refractivity contribution is -0.110. The van der Waals surface area contributed by atoms with Gasteiger partial charge in [-0.1, -0.05) is 30.3 Å². The molecule has 1 aliphatic rings. The standard InChI is InChI=1S/C15H13N3O/c16-10-6-7-12-11(8-10)13(15(19)18-12)14(17)9-4-2-1-3-5-9/h1-8H,16-17H2,(H,18,19)/b14-13-. The highest BCUT2D eigenvalue weighted by molar-refractivity contribution is 6.36. The van der Waals surface area contributed by atoms with Gasteiger partial charge in [-0.05, 0) is 23.8 Å². The average molecular weight is 251 g/mol. The maximum atomic E-state index is 12.1. The molecule has 19 heavy (non-hydrogen) atoms. The monoisotopic (exact) mass is 251 g/mol. The van der Waals surface area contributed by atoms with Crippen molar-refractivity contribution in [3.05, 3.63) is 59.7 Å². The zero-order chi connectivity index (χ0) is 13.4. The molecule has 2 aromatic carbocycles. The van der Waals surface area contributed by atoms with Gasteiger partial charge in [-0.2, -0.15) is 0 Å². The molecule has 0 spiro atoms. The van der Waals surface area contributed by atoms with Crippen molar-refractivity contribution in [3.63, 3.8) is 0 Å². The fraction of sp³-hybridized carbons (Fsp3) is 0. The van der Waals surface area contributed by atoms with Gasteiger partial charge in [0.1, 0.15) is 0 Å². The first-order valence-corrected chi connectivity index (χ1v) is 5.93. The van der Waals surface area contributed by atoms with Crippen LogP contribution in [-0.4, -0.2) is 5.91 Å². The molecule has 0 unspecified atom stereocenters. The van der Waals surface area contributed by atoms with Crippen LogP contribution in [0.1, 0.15) is 11.1 Å². The van der Waals surface area contributed by atoms with Gasteiger partial charge in [-0.3, -0.25) is 4.79 Å². The largest absolute Gasteiger partial charge is 0.399 e. The summed E-state index contributed by atoms with van der Waals surface area (Å²) in [7, 11) is 0. The van der Waals surface area contributed by atoms with Crippen LogP contribution in [0.25, 0.3) is 11.3 Å². The third-order valence-corrected chi connectivity index (χ3v) is 3.14. The Morgan fingerprint density at radius 2 is 1.79 bits per heavy atom. The van der Waals surface area contributed by atoms with Crippen LogP contribution in [0.3, 0.4) is 0 Å². The number of carbonyl (C=O) groups excluding carboxylic acids is 1. The number of hydrogen-bond donors (Lipinski definition) is 3. The summed E-state index contributed by atoms with van der Waals surface area (Å²) in [5.41, 5.74) is 15.8. The van der Waals surface area contributed by atoms with Crippen molar-refractivity contribution in [2.45, 2.75) is 0 Å². The number of hydrogen-bond acceptors (Lipinski definition) is 3. The number of fused-ring (bicyclic) bond motifs is 1. The Hall–Kier alpha value is -2.75. The molecule has 94 valence electrons. The molecule has 4 nitrogen and oxygen atoms in total. The number of rotatable bonds is 1. The van der Waals surface area contributed by atoms with Crippen molar-refractivity contribution < 1.29 is 4.79 Å². The van der Waals surface area contributed by atoms with Crippen LogP contribution in [-0.2, 0) is 4.79 Å². The lowest BCUT2D eigenvalue weighted by Gasteiger charge is -2.06. The normalized spacial score (nSPS) is 15.9. The van der Waals surface area contributed by atoms with Crippen molar-refractivity contribution in [2.75, 3.05) is 11.1 Å². The molecule has 3 rings (SSSR count). The third-order valence-electron chi connectivity index (χ3n) is 3.14. The highest BCUT2D eigenvalue weighted by Gasteiger charge is 2.27. The van der Waals surface area contributed by atoms with E-state index in [-0.39, 0.29) is 5.91 Å². The highest BCUT2D eigenvalue weighted by atomic mass is 16.2. The number of nitrogens with two attached hydrogens (primary N) is 2. The molecular formula is C15H13N3O. The quantitative estimate of drug-likeness (QED) is 0.536. The minimum Gasteiger partial charge on any atom is -0.399 e. The van der Waals surface area contributed by atoms with Crippen LogP contribution in [0, 0.1) is 0 Å². The Morgan fingerprint density at radius 1 is 1.05 bits per heavy atom. The molecule has 0 bridgehead atoms. The van der Waals surface area contributed by atoms with E-state index in [1.54, 1.807) is 18.2 Å². The SMILES string of the molecule is N/C(=C1\C(=O)Nc2ccc(N)cc21)c1ccccc1. The molecule has 4 heteroatoms. The van der Waals surface area contributed by atoms with Crippen molar-refractivity contribution in [1.29, 1.82) is 0 Å². The van der Waals surface area contributed by atoms with Crippen LogP contribution in [0.15, 0.2) is 48.5 Å². The number of amides is 1. The van der Waals surface area contributed by atoms with Gasteiger partial charge in [0.15, 0.2) is 0 Å². The summed E-state index contributed by atoms with van der Waals surface area (Å²) in [5.74, 6) is -0.193. The van der Waals surface area contributed by atoms with E-state index in [9.17, 15) is 4.79 Å². The fourth-order valence-electron chi connectivity index (χ4n) is 2.21. The van der Waals surface area contributed by atoms with E-state index < -0.39 is 0 Å². The number of nitrogen functional groups attached to an aromatic ring is 1. The average Bonchev–Trinajstić information content (AvgIpc) is 2.74. The Bertz CT molecular complexity index is 690. The molecule has 0 aromatic heterocycles. The van der Waals surface area contributed by atoms with E-state index in [4.69, 9.17) is 11.5 Å². The molecule has 0 aliphatic carbocycles. The fourth-order valence-corrected chi connectivity index (χ4v) is 2.21. The first-order chi connectivity index (χ1) is 9.16. The molecule has 0 saturated carbocycles. The third kappa shape index (κ3) is 1.83. The Balaban J connectivity index is 2.21. The Morgan fingerprint density at radius 3 is 2.53 bits per heavy atom. The number of benzene rings is 2. The predicted molar refractivity (Wildman–Crippen MR) is 76.9 cm³/mol. The van der Waals surface area contributed by atoms with Crippen LogP contribution >= 0.6 is 0 Å². The molecule has 1 amide bonds. The van der Waals surface area contributed by atoms with Crippen molar-refractivity contribution in [1.82, 2.24) is 0 Å². The summed E-state index contributed by atoms with van der Waals surface area (Å²) >= 11 is 0. The van der Waals surface area contributed by atoms with Gasteiger partial charge in [0, 0.05) is 16.9 Å². The summed E-state index contributed by atoms with van der Waals surface area (Å²) in [5, 5.41) is 2.79. The highest BCUT2D eigenvalue weighted by Crippen LogP contribution is 2.36. The molecule has 2 aromatic rings. The summed E-state index contributed by atoms with van der Waals surface area (Å²) in [6, 6.07) is 14.7. The van der Waals surface area contributed by atoms with Crippen LogP contribution < -0.4 is 16.8 Å². The maximum Gasteiger partial charge on any atom is 0.258 e. The summed E-state index contributed by atoms with van der Waals surface area (Å²) in [4.78, 5) is 12.1. The molecule has 0 atom stereocenters. The second-order valence-corrected chi connectivity index (χ2v) is 4.41. The smallest absolute Gasteiger partial charge is 0.258 e. The van der Waals surface area contributed by atoms with Crippen molar-refractivity contribution in [2.24, 2.45) is 5.73 Å². The molecule has 1 heterocycles. The maximum absolute atomic E-state index is 12.1. The van der Waals surface area contributed by atoms with Gasteiger partial charge in [0.2, 0.25) is 0 Å². The molecule has 1 aliphatic heterocycles. The first kappa shape index (κ1) is 11.3.